The molecule has 0 saturated carbocycles. The fourth-order valence-electron chi connectivity index (χ4n) is 0.724. The van der Waals surface area contributed by atoms with Crippen LogP contribution in [0.15, 0.2) is 24.9 Å². The molecule has 0 fully saturated rings. The number of nitrogens with zero attached hydrogens (tertiary/aromatic N) is 4. The summed E-state index contributed by atoms with van der Waals surface area (Å²) < 4.78 is 25.2. The molecule has 0 aliphatic carbocycles. The largest absolute Gasteiger partial charge is 0.330 e. The molecule has 15 heavy (non-hydrogen) atoms. The third-order valence-corrected chi connectivity index (χ3v) is 1.15. The smallest absolute Gasteiger partial charge is 0.274 e. The van der Waals surface area contributed by atoms with Crippen LogP contribution in [0.25, 0.3) is 11.2 Å². The first-order valence-corrected chi connectivity index (χ1v) is 5.09. The highest BCUT2D eigenvalue weighted by Gasteiger charge is 1.90. The first-order valence-electron chi connectivity index (χ1n) is 3.59. The van der Waals surface area contributed by atoms with Crippen LogP contribution in [-0.4, -0.2) is 32.9 Å². The van der Waals surface area contributed by atoms with Gasteiger partial charge in [0.05, 0.1) is 6.20 Å². The van der Waals surface area contributed by atoms with E-state index in [4.69, 9.17) is 13.0 Å². The predicted molar refractivity (Wildman–Crippen MR) is 50.9 cm³/mol. The van der Waals surface area contributed by atoms with Crippen molar-refractivity contribution in [2.75, 3.05) is 0 Å². The van der Waals surface area contributed by atoms with Gasteiger partial charge < -0.3 is 0 Å². The van der Waals surface area contributed by atoms with Crippen LogP contribution in [0.3, 0.4) is 0 Å². The molecule has 0 bridgehead atoms. The van der Waals surface area contributed by atoms with Crippen LogP contribution in [0.4, 0.5) is 0 Å². The lowest BCUT2D eigenvalue weighted by Crippen LogP contribution is -2.08. The molecule has 0 atom stereocenters. The topological polar surface area (TPSA) is 132 Å². The summed E-state index contributed by atoms with van der Waals surface area (Å²) in [4.78, 5) is 15.7. The Hall–Kier alpha value is -1.71. The standard InChI is InChI=1S/C6H4N4.H3NO3S/c1-2-9-6-5(8-1)3-7-4-10-6;1-5(2,3)4/h1-4H;(H3,1,2,3,4). The van der Waals surface area contributed by atoms with Crippen LogP contribution >= 0.6 is 0 Å². The van der Waals surface area contributed by atoms with Crippen LogP contribution in [0.5, 0.6) is 0 Å². The summed E-state index contributed by atoms with van der Waals surface area (Å²) in [5.41, 5.74) is 1.36. The van der Waals surface area contributed by atoms with Crippen molar-refractivity contribution in [2.24, 2.45) is 5.14 Å². The number of fused-ring (bicyclic) bond motifs is 1. The van der Waals surface area contributed by atoms with Gasteiger partial charge in [-0.1, -0.05) is 0 Å². The van der Waals surface area contributed by atoms with E-state index in [0.29, 0.717) is 5.65 Å². The third-order valence-electron chi connectivity index (χ3n) is 1.15. The van der Waals surface area contributed by atoms with E-state index < -0.39 is 10.3 Å². The number of rotatable bonds is 0. The highest BCUT2D eigenvalue weighted by atomic mass is 32.2. The van der Waals surface area contributed by atoms with Gasteiger partial charge in [-0.25, -0.2) is 25.1 Å². The predicted octanol–water partition coefficient (Wildman–Crippen LogP) is -0.832. The monoisotopic (exact) mass is 229 g/mol. The van der Waals surface area contributed by atoms with Gasteiger partial charge in [-0.15, -0.1) is 0 Å². The summed E-state index contributed by atoms with van der Waals surface area (Å²) >= 11 is 0. The molecular formula is C6H7N5O3S. The minimum absolute atomic E-state index is 0.637. The Balaban J connectivity index is 0.000000195. The summed E-state index contributed by atoms with van der Waals surface area (Å²) in [5, 5.41) is 3.88. The summed E-state index contributed by atoms with van der Waals surface area (Å²) in [6, 6.07) is 0. The number of hydrogen-bond acceptors (Lipinski definition) is 6. The Morgan fingerprint density at radius 3 is 2.40 bits per heavy atom. The maximum atomic E-state index is 8.97. The van der Waals surface area contributed by atoms with Crippen LogP contribution < -0.4 is 5.14 Å². The summed E-state index contributed by atoms with van der Waals surface area (Å²) in [5.74, 6) is 0. The Morgan fingerprint density at radius 1 is 1.20 bits per heavy atom. The zero-order valence-corrected chi connectivity index (χ0v) is 8.16. The molecule has 0 radical (unpaired) electrons. The Labute approximate surface area is 85.1 Å². The lowest BCUT2D eigenvalue weighted by Gasteiger charge is -1.89. The van der Waals surface area contributed by atoms with Gasteiger partial charge in [0.25, 0.3) is 0 Å². The molecule has 0 aromatic carbocycles. The second kappa shape index (κ2) is 4.68. The quantitative estimate of drug-likeness (QED) is 0.563. The normalized spacial score (nSPS) is 10.5. The van der Waals surface area contributed by atoms with Crippen molar-refractivity contribution < 1.29 is 13.0 Å². The maximum Gasteiger partial charge on any atom is 0.330 e. The second-order valence-electron chi connectivity index (χ2n) is 2.30. The molecule has 2 heterocycles. The van der Waals surface area contributed by atoms with Crippen molar-refractivity contribution in [1.29, 1.82) is 0 Å². The van der Waals surface area contributed by atoms with E-state index in [9.17, 15) is 0 Å². The van der Waals surface area contributed by atoms with E-state index in [-0.39, 0.29) is 0 Å². The zero-order chi connectivity index (χ0) is 11.3. The van der Waals surface area contributed by atoms with Crippen LogP contribution in [0.2, 0.25) is 0 Å². The zero-order valence-electron chi connectivity index (χ0n) is 7.35. The van der Waals surface area contributed by atoms with Crippen molar-refractivity contribution in [3.8, 4) is 0 Å². The molecule has 0 aliphatic heterocycles. The minimum atomic E-state index is -4.17. The molecule has 3 N–H and O–H groups in total. The van der Waals surface area contributed by atoms with Gasteiger partial charge in [-0.05, 0) is 0 Å². The Morgan fingerprint density at radius 2 is 1.80 bits per heavy atom. The molecule has 80 valence electrons. The molecule has 0 amide bonds. The fraction of sp³-hybridized carbons (Fsp3) is 0. The fourth-order valence-corrected chi connectivity index (χ4v) is 0.724. The van der Waals surface area contributed by atoms with E-state index in [1.165, 1.54) is 6.33 Å². The Bertz CT molecular complexity index is 470. The molecule has 0 spiro atoms. The molecule has 0 aliphatic rings. The van der Waals surface area contributed by atoms with Gasteiger partial charge in [-0.3, -0.25) is 4.55 Å². The van der Waals surface area contributed by atoms with Gasteiger partial charge in [0, 0.05) is 12.4 Å². The average molecular weight is 229 g/mol. The van der Waals surface area contributed by atoms with Crippen LogP contribution in [0.1, 0.15) is 0 Å². The van der Waals surface area contributed by atoms with Gasteiger partial charge >= 0.3 is 10.3 Å². The van der Waals surface area contributed by atoms with E-state index in [2.05, 4.69) is 25.1 Å². The molecule has 2 aromatic rings. The van der Waals surface area contributed by atoms with Crippen molar-refractivity contribution in [2.45, 2.75) is 0 Å². The maximum absolute atomic E-state index is 8.97. The van der Waals surface area contributed by atoms with E-state index in [1.807, 2.05) is 0 Å². The number of aromatic nitrogens is 4. The summed E-state index contributed by atoms with van der Waals surface area (Å²) in [7, 11) is -4.17. The van der Waals surface area contributed by atoms with Gasteiger partial charge in [0.15, 0.2) is 5.65 Å². The summed E-state index contributed by atoms with van der Waals surface area (Å²) in [6.07, 6.45) is 6.31. The van der Waals surface area contributed by atoms with Crippen molar-refractivity contribution >= 4 is 21.5 Å². The minimum Gasteiger partial charge on any atom is -0.274 e. The SMILES string of the molecule is NS(=O)(=O)O.c1cnc2ncncc2n1. The van der Waals surface area contributed by atoms with Crippen LogP contribution in [-0.2, 0) is 10.3 Å². The highest BCUT2D eigenvalue weighted by Crippen LogP contribution is 1.98. The van der Waals surface area contributed by atoms with Crippen molar-refractivity contribution in [3.05, 3.63) is 24.9 Å². The third kappa shape index (κ3) is 4.90. The molecule has 9 heteroatoms. The second-order valence-corrected chi connectivity index (χ2v) is 3.33. The molecular weight excluding hydrogens is 222 g/mol. The number of nitrogens with two attached hydrogens (primary N) is 1. The van der Waals surface area contributed by atoms with Crippen LogP contribution in [0, 0.1) is 0 Å². The van der Waals surface area contributed by atoms with E-state index >= 15 is 0 Å². The molecule has 8 nitrogen and oxygen atoms in total. The molecule has 2 rings (SSSR count). The van der Waals surface area contributed by atoms with E-state index in [1.54, 1.807) is 18.6 Å². The average Bonchev–Trinajstić information content (AvgIpc) is 2.16. The lowest BCUT2D eigenvalue weighted by atomic mass is 10.5. The highest BCUT2D eigenvalue weighted by molar-refractivity contribution is 7.83. The first-order chi connectivity index (χ1) is 6.97. The van der Waals surface area contributed by atoms with Crippen molar-refractivity contribution in [1.82, 2.24) is 19.9 Å². The van der Waals surface area contributed by atoms with Gasteiger partial charge in [-0.2, -0.15) is 8.42 Å². The molecule has 2 aromatic heterocycles. The first kappa shape index (κ1) is 11.4. The van der Waals surface area contributed by atoms with E-state index in [0.717, 1.165) is 5.52 Å². The molecule has 0 unspecified atom stereocenters. The van der Waals surface area contributed by atoms with Crippen molar-refractivity contribution in [3.63, 3.8) is 0 Å². The lowest BCUT2D eigenvalue weighted by molar-refractivity contribution is 0.485. The van der Waals surface area contributed by atoms with Gasteiger partial charge in [0.1, 0.15) is 11.8 Å². The summed E-state index contributed by atoms with van der Waals surface area (Å²) in [6.45, 7) is 0. The number of hydrogen-bond donors (Lipinski definition) is 2. The molecule has 0 saturated heterocycles. The Kier molecular flexibility index (Phi) is 3.55. The van der Waals surface area contributed by atoms with Gasteiger partial charge in [0.2, 0.25) is 0 Å².